The summed E-state index contributed by atoms with van der Waals surface area (Å²) in [5, 5.41) is 10.3. The number of aromatic hydroxyl groups is 1. The van der Waals surface area contributed by atoms with Crippen molar-refractivity contribution in [3.05, 3.63) is 59.2 Å². The number of hydrogen-bond donors (Lipinski definition) is 1. The average Bonchev–Trinajstić information content (AvgIpc) is 2.67. The van der Waals surface area contributed by atoms with Crippen LogP contribution in [0.1, 0.15) is 22.6 Å². The second-order valence-corrected chi connectivity index (χ2v) is 6.55. The van der Waals surface area contributed by atoms with Gasteiger partial charge in [0.25, 0.3) is 0 Å². The molecule has 0 amide bonds. The van der Waals surface area contributed by atoms with Crippen LogP contribution in [-0.2, 0) is 6.42 Å². The highest BCUT2D eigenvalue weighted by Crippen LogP contribution is 2.37. The van der Waals surface area contributed by atoms with Gasteiger partial charge in [0, 0.05) is 23.9 Å². The van der Waals surface area contributed by atoms with Crippen LogP contribution in [0.15, 0.2) is 47.4 Å². The van der Waals surface area contributed by atoms with E-state index in [0.29, 0.717) is 11.7 Å². The molecule has 0 fully saturated rings. The quantitative estimate of drug-likeness (QED) is 0.855. The van der Waals surface area contributed by atoms with Crippen molar-refractivity contribution in [1.82, 2.24) is 4.90 Å². The van der Waals surface area contributed by atoms with Crippen molar-refractivity contribution >= 4 is 11.8 Å². The van der Waals surface area contributed by atoms with Crippen LogP contribution in [0.5, 0.6) is 5.75 Å². The van der Waals surface area contributed by atoms with Gasteiger partial charge in [-0.25, -0.2) is 0 Å². The van der Waals surface area contributed by atoms with Gasteiger partial charge in [0.15, 0.2) is 0 Å². The predicted octanol–water partition coefficient (Wildman–Crippen LogP) is 3.73. The number of likely N-dealkylation sites (N-methyl/N-ethyl adjacent to an activating group) is 1. The van der Waals surface area contributed by atoms with E-state index in [1.54, 1.807) is 11.8 Å². The van der Waals surface area contributed by atoms with Crippen LogP contribution in [0.25, 0.3) is 0 Å². The molecule has 1 atom stereocenters. The van der Waals surface area contributed by atoms with Crippen molar-refractivity contribution in [3.8, 4) is 5.75 Å². The highest BCUT2D eigenvalue weighted by molar-refractivity contribution is 7.98. The van der Waals surface area contributed by atoms with Gasteiger partial charge in [-0.2, -0.15) is 0 Å². The lowest BCUT2D eigenvalue weighted by Crippen LogP contribution is -2.24. The minimum atomic E-state index is 0.329. The molecule has 2 aromatic rings. The Morgan fingerprint density at radius 3 is 2.67 bits per heavy atom. The first kappa shape index (κ1) is 14.5. The molecule has 1 unspecified atom stereocenters. The molecule has 1 aliphatic heterocycles. The Labute approximate surface area is 130 Å². The van der Waals surface area contributed by atoms with Gasteiger partial charge in [0.1, 0.15) is 5.75 Å². The molecule has 21 heavy (non-hydrogen) atoms. The molecule has 3 heteroatoms. The third kappa shape index (κ3) is 2.94. The van der Waals surface area contributed by atoms with Gasteiger partial charge in [-0.1, -0.05) is 30.3 Å². The van der Waals surface area contributed by atoms with E-state index in [2.05, 4.69) is 48.3 Å². The first-order valence-electron chi connectivity index (χ1n) is 7.32. The number of nitrogens with zero attached hydrogens (tertiary/aromatic N) is 1. The van der Waals surface area contributed by atoms with Gasteiger partial charge in [0.2, 0.25) is 0 Å². The Hall–Kier alpha value is -1.45. The topological polar surface area (TPSA) is 23.5 Å². The molecule has 1 aliphatic rings. The van der Waals surface area contributed by atoms with Crippen LogP contribution in [0.3, 0.4) is 0 Å². The number of hydrogen-bond acceptors (Lipinski definition) is 3. The fraction of sp³-hybridized carbons (Fsp3) is 0.333. The minimum absolute atomic E-state index is 0.329. The van der Waals surface area contributed by atoms with Gasteiger partial charge in [-0.3, -0.25) is 0 Å². The third-order valence-electron chi connectivity index (χ3n) is 4.28. The number of thioether (sulfide) groups is 1. The van der Waals surface area contributed by atoms with E-state index in [1.807, 2.05) is 12.3 Å². The van der Waals surface area contributed by atoms with Gasteiger partial charge in [-0.05, 0) is 48.5 Å². The lowest BCUT2D eigenvalue weighted by Gasteiger charge is -2.22. The van der Waals surface area contributed by atoms with Crippen LogP contribution >= 0.6 is 11.8 Å². The van der Waals surface area contributed by atoms with E-state index in [-0.39, 0.29) is 0 Å². The Bertz CT molecular complexity index is 627. The summed E-state index contributed by atoms with van der Waals surface area (Å²) in [6, 6.07) is 14.8. The predicted molar refractivity (Wildman–Crippen MR) is 89.4 cm³/mol. The van der Waals surface area contributed by atoms with Crippen molar-refractivity contribution in [1.29, 1.82) is 0 Å². The van der Waals surface area contributed by atoms with Crippen molar-refractivity contribution in [2.45, 2.75) is 17.2 Å². The molecule has 2 aromatic carbocycles. The Kier molecular flexibility index (Phi) is 4.22. The molecular weight excluding hydrogens is 278 g/mol. The lowest BCUT2D eigenvalue weighted by molar-refractivity contribution is 0.338. The maximum absolute atomic E-state index is 10.3. The molecule has 0 saturated carbocycles. The summed E-state index contributed by atoms with van der Waals surface area (Å²) in [5.41, 5.74) is 3.97. The fourth-order valence-corrected chi connectivity index (χ4v) is 3.64. The molecular formula is C18H21NOS. The van der Waals surface area contributed by atoms with E-state index in [1.165, 1.54) is 16.7 Å². The Balaban J connectivity index is 2.11. The maximum Gasteiger partial charge on any atom is 0.129 e. The largest absolute Gasteiger partial charge is 0.507 e. The summed E-state index contributed by atoms with van der Waals surface area (Å²) in [6.45, 7) is 2.06. The lowest BCUT2D eigenvalue weighted by atomic mass is 9.88. The summed E-state index contributed by atoms with van der Waals surface area (Å²) in [5.74, 6) is 0.738. The molecule has 0 radical (unpaired) electrons. The second-order valence-electron chi connectivity index (χ2n) is 5.70. The molecule has 0 bridgehead atoms. The van der Waals surface area contributed by atoms with E-state index in [0.717, 1.165) is 24.4 Å². The van der Waals surface area contributed by atoms with Crippen molar-refractivity contribution in [2.24, 2.45) is 0 Å². The maximum atomic E-state index is 10.3. The van der Waals surface area contributed by atoms with Crippen LogP contribution in [-0.4, -0.2) is 36.4 Å². The fourth-order valence-electron chi connectivity index (χ4n) is 3.11. The highest BCUT2D eigenvalue weighted by atomic mass is 32.2. The summed E-state index contributed by atoms with van der Waals surface area (Å²) in [7, 11) is 2.18. The normalized spacial score (nSPS) is 19.0. The zero-order valence-electron chi connectivity index (χ0n) is 12.5. The standard InChI is InChI=1S/C18H21NOS/c1-19-9-8-14-10-18(21-2)17(20)11-15(14)16(12-19)13-6-4-3-5-7-13/h3-7,10-11,16,20H,8-9,12H2,1-2H3. The van der Waals surface area contributed by atoms with Gasteiger partial charge >= 0.3 is 0 Å². The van der Waals surface area contributed by atoms with E-state index >= 15 is 0 Å². The summed E-state index contributed by atoms with van der Waals surface area (Å²) in [6.07, 6.45) is 3.06. The van der Waals surface area contributed by atoms with Gasteiger partial charge in [0.05, 0.1) is 0 Å². The third-order valence-corrected chi connectivity index (χ3v) is 5.04. The molecule has 1 heterocycles. The summed E-state index contributed by atoms with van der Waals surface area (Å²) in [4.78, 5) is 3.36. The van der Waals surface area contributed by atoms with Gasteiger partial charge < -0.3 is 10.0 Å². The van der Waals surface area contributed by atoms with Crippen LogP contribution in [0.4, 0.5) is 0 Å². The second kappa shape index (κ2) is 6.12. The molecule has 1 N–H and O–H groups in total. The summed E-state index contributed by atoms with van der Waals surface area (Å²) >= 11 is 1.61. The van der Waals surface area contributed by atoms with Crippen molar-refractivity contribution in [3.63, 3.8) is 0 Å². The zero-order valence-corrected chi connectivity index (χ0v) is 13.4. The van der Waals surface area contributed by atoms with Crippen molar-refractivity contribution < 1.29 is 5.11 Å². The molecule has 0 saturated heterocycles. The zero-order chi connectivity index (χ0) is 14.8. The first-order valence-corrected chi connectivity index (χ1v) is 8.54. The van der Waals surface area contributed by atoms with E-state index < -0.39 is 0 Å². The highest BCUT2D eigenvalue weighted by Gasteiger charge is 2.24. The van der Waals surface area contributed by atoms with E-state index in [9.17, 15) is 5.11 Å². The SMILES string of the molecule is CSc1cc2c(cc1O)C(c1ccccc1)CN(C)CC2. The number of phenols is 1. The number of fused-ring (bicyclic) bond motifs is 1. The molecule has 0 aliphatic carbocycles. The smallest absolute Gasteiger partial charge is 0.129 e. The average molecular weight is 299 g/mol. The van der Waals surface area contributed by atoms with E-state index in [4.69, 9.17) is 0 Å². The molecule has 0 aromatic heterocycles. The number of benzene rings is 2. The van der Waals surface area contributed by atoms with Crippen LogP contribution in [0, 0.1) is 0 Å². The molecule has 0 spiro atoms. The van der Waals surface area contributed by atoms with Crippen LogP contribution < -0.4 is 0 Å². The first-order chi connectivity index (χ1) is 10.2. The number of rotatable bonds is 2. The number of phenolic OH excluding ortho intramolecular Hbond substituents is 1. The molecule has 110 valence electrons. The molecule has 3 rings (SSSR count). The monoisotopic (exact) mass is 299 g/mol. The van der Waals surface area contributed by atoms with Crippen LogP contribution in [0.2, 0.25) is 0 Å². The minimum Gasteiger partial charge on any atom is -0.507 e. The Morgan fingerprint density at radius 2 is 1.95 bits per heavy atom. The Morgan fingerprint density at radius 1 is 1.19 bits per heavy atom. The molecule has 2 nitrogen and oxygen atoms in total. The van der Waals surface area contributed by atoms with Gasteiger partial charge in [-0.15, -0.1) is 11.8 Å². The summed E-state index contributed by atoms with van der Waals surface area (Å²) < 4.78 is 0. The van der Waals surface area contributed by atoms with Crippen molar-refractivity contribution in [2.75, 3.05) is 26.4 Å².